The number of fused-ring (bicyclic) bond motifs is 1. The lowest BCUT2D eigenvalue weighted by molar-refractivity contribution is 0.494. The van der Waals surface area contributed by atoms with Gasteiger partial charge in [-0.3, -0.25) is 0 Å². The van der Waals surface area contributed by atoms with Gasteiger partial charge in [0.05, 0.1) is 0 Å². The Bertz CT molecular complexity index is 448. The van der Waals surface area contributed by atoms with E-state index in [1.165, 1.54) is 48.1 Å². The van der Waals surface area contributed by atoms with E-state index in [1.54, 1.807) is 0 Å². The molecular formula is C16H23BrN2. The van der Waals surface area contributed by atoms with Gasteiger partial charge in [0.2, 0.25) is 0 Å². The quantitative estimate of drug-likeness (QED) is 0.905. The van der Waals surface area contributed by atoms with Gasteiger partial charge in [-0.05, 0) is 56.3 Å². The van der Waals surface area contributed by atoms with Gasteiger partial charge in [0.25, 0.3) is 0 Å². The SMILES string of the molecule is CNC(C)c1ccc(Br)cc1N1CC2CCCC2C1. The van der Waals surface area contributed by atoms with Crippen molar-refractivity contribution in [2.45, 2.75) is 32.2 Å². The minimum absolute atomic E-state index is 0.406. The maximum atomic E-state index is 3.63. The van der Waals surface area contributed by atoms with Crippen molar-refractivity contribution in [3.05, 3.63) is 28.2 Å². The van der Waals surface area contributed by atoms with Crippen molar-refractivity contribution in [3.8, 4) is 0 Å². The average Bonchev–Trinajstić information content (AvgIpc) is 2.98. The molecule has 1 saturated heterocycles. The van der Waals surface area contributed by atoms with Gasteiger partial charge in [0, 0.05) is 29.3 Å². The zero-order valence-electron chi connectivity index (χ0n) is 11.8. The molecule has 1 heterocycles. The Morgan fingerprint density at radius 2 is 1.95 bits per heavy atom. The Balaban J connectivity index is 1.89. The Morgan fingerprint density at radius 1 is 1.26 bits per heavy atom. The normalized spacial score (nSPS) is 27.6. The lowest BCUT2D eigenvalue weighted by Gasteiger charge is -2.26. The Hall–Kier alpha value is -0.540. The summed E-state index contributed by atoms with van der Waals surface area (Å²) >= 11 is 3.63. The van der Waals surface area contributed by atoms with Crippen LogP contribution in [0, 0.1) is 11.8 Å². The molecule has 104 valence electrons. The fourth-order valence-corrected chi connectivity index (χ4v) is 4.09. The first-order valence-electron chi connectivity index (χ1n) is 7.40. The molecular weight excluding hydrogens is 300 g/mol. The first-order valence-corrected chi connectivity index (χ1v) is 8.20. The molecule has 3 atom stereocenters. The van der Waals surface area contributed by atoms with Crippen LogP contribution in [0.2, 0.25) is 0 Å². The van der Waals surface area contributed by atoms with Crippen molar-refractivity contribution >= 4 is 21.6 Å². The summed E-state index contributed by atoms with van der Waals surface area (Å²) in [5, 5.41) is 3.37. The number of benzene rings is 1. The zero-order valence-corrected chi connectivity index (χ0v) is 13.4. The van der Waals surface area contributed by atoms with E-state index in [-0.39, 0.29) is 0 Å². The second-order valence-corrected chi connectivity index (χ2v) is 6.99. The molecule has 1 N–H and O–H groups in total. The zero-order chi connectivity index (χ0) is 13.4. The minimum Gasteiger partial charge on any atom is -0.371 e. The summed E-state index contributed by atoms with van der Waals surface area (Å²) in [6.07, 6.45) is 4.32. The van der Waals surface area contributed by atoms with Crippen LogP contribution in [0.4, 0.5) is 5.69 Å². The van der Waals surface area contributed by atoms with Crippen molar-refractivity contribution in [3.63, 3.8) is 0 Å². The Kier molecular flexibility index (Phi) is 3.86. The van der Waals surface area contributed by atoms with Crippen LogP contribution in [-0.2, 0) is 0 Å². The first-order chi connectivity index (χ1) is 9.19. The van der Waals surface area contributed by atoms with Crippen LogP contribution in [-0.4, -0.2) is 20.1 Å². The fraction of sp³-hybridized carbons (Fsp3) is 0.625. The van der Waals surface area contributed by atoms with E-state index in [0.717, 1.165) is 11.8 Å². The summed E-state index contributed by atoms with van der Waals surface area (Å²) in [5.74, 6) is 1.88. The molecule has 1 aliphatic heterocycles. The highest BCUT2D eigenvalue weighted by Gasteiger charge is 2.36. The third-order valence-electron chi connectivity index (χ3n) is 4.96. The van der Waals surface area contributed by atoms with Gasteiger partial charge in [0.15, 0.2) is 0 Å². The Morgan fingerprint density at radius 3 is 2.58 bits per heavy atom. The van der Waals surface area contributed by atoms with Crippen LogP contribution in [0.15, 0.2) is 22.7 Å². The van der Waals surface area contributed by atoms with E-state index in [2.05, 4.69) is 51.3 Å². The molecule has 1 aromatic rings. The number of hydrogen-bond acceptors (Lipinski definition) is 2. The second-order valence-electron chi connectivity index (χ2n) is 6.07. The molecule has 0 amide bonds. The molecule has 0 radical (unpaired) electrons. The molecule has 0 bridgehead atoms. The third kappa shape index (κ3) is 2.55. The van der Waals surface area contributed by atoms with Gasteiger partial charge in [-0.15, -0.1) is 0 Å². The first kappa shape index (κ1) is 13.4. The van der Waals surface area contributed by atoms with Crippen molar-refractivity contribution in [2.75, 3.05) is 25.0 Å². The maximum Gasteiger partial charge on any atom is 0.0426 e. The van der Waals surface area contributed by atoms with Gasteiger partial charge in [-0.1, -0.05) is 28.4 Å². The molecule has 1 aromatic carbocycles. The third-order valence-corrected chi connectivity index (χ3v) is 5.45. The number of anilines is 1. The molecule has 1 saturated carbocycles. The van der Waals surface area contributed by atoms with Crippen LogP contribution in [0.5, 0.6) is 0 Å². The van der Waals surface area contributed by atoms with Crippen LogP contribution in [0.3, 0.4) is 0 Å². The van der Waals surface area contributed by atoms with E-state index in [0.29, 0.717) is 6.04 Å². The lowest BCUT2D eigenvalue weighted by Crippen LogP contribution is -2.24. The molecule has 0 aromatic heterocycles. The summed E-state index contributed by atoms with van der Waals surface area (Å²) < 4.78 is 1.19. The molecule has 3 unspecified atom stereocenters. The van der Waals surface area contributed by atoms with Gasteiger partial charge in [-0.25, -0.2) is 0 Å². The maximum absolute atomic E-state index is 3.63. The van der Waals surface area contributed by atoms with Crippen LogP contribution >= 0.6 is 15.9 Å². The smallest absolute Gasteiger partial charge is 0.0426 e. The van der Waals surface area contributed by atoms with Crippen LogP contribution in [0.25, 0.3) is 0 Å². The monoisotopic (exact) mass is 322 g/mol. The van der Waals surface area contributed by atoms with Crippen LogP contribution in [0.1, 0.15) is 37.8 Å². The van der Waals surface area contributed by atoms with E-state index in [9.17, 15) is 0 Å². The summed E-state index contributed by atoms with van der Waals surface area (Å²) in [6, 6.07) is 7.12. The van der Waals surface area contributed by atoms with Crippen molar-refractivity contribution in [2.24, 2.45) is 11.8 Å². The number of nitrogens with one attached hydrogen (secondary N) is 1. The average molecular weight is 323 g/mol. The molecule has 2 fully saturated rings. The highest BCUT2D eigenvalue weighted by atomic mass is 79.9. The number of rotatable bonds is 3. The number of hydrogen-bond donors (Lipinski definition) is 1. The summed E-state index contributed by atoms with van der Waals surface area (Å²) in [7, 11) is 2.04. The Labute approximate surface area is 124 Å². The molecule has 2 nitrogen and oxygen atoms in total. The summed E-state index contributed by atoms with van der Waals surface area (Å²) in [4.78, 5) is 2.61. The molecule has 3 heteroatoms. The number of nitrogens with zero attached hydrogens (tertiary/aromatic N) is 1. The number of halogens is 1. The van der Waals surface area contributed by atoms with Crippen molar-refractivity contribution in [1.29, 1.82) is 0 Å². The van der Waals surface area contributed by atoms with Gasteiger partial charge < -0.3 is 10.2 Å². The molecule has 1 aliphatic carbocycles. The molecule has 2 aliphatic rings. The van der Waals surface area contributed by atoms with E-state index >= 15 is 0 Å². The van der Waals surface area contributed by atoms with E-state index in [1.807, 2.05) is 7.05 Å². The van der Waals surface area contributed by atoms with Gasteiger partial charge >= 0.3 is 0 Å². The fourth-order valence-electron chi connectivity index (χ4n) is 3.74. The highest BCUT2D eigenvalue weighted by molar-refractivity contribution is 9.10. The largest absolute Gasteiger partial charge is 0.371 e. The van der Waals surface area contributed by atoms with Gasteiger partial charge in [-0.2, -0.15) is 0 Å². The molecule has 0 spiro atoms. The molecule has 3 rings (SSSR count). The standard InChI is InChI=1S/C16H23BrN2/c1-11(18-2)15-7-6-14(17)8-16(15)19-9-12-4-3-5-13(12)10-19/h6-8,11-13,18H,3-5,9-10H2,1-2H3. The minimum atomic E-state index is 0.406. The topological polar surface area (TPSA) is 15.3 Å². The second kappa shape index (κ2) is 5.45. The van der Waals surface area contributed by atoms with E-state index < -0.39 is 0 Å². The van der Waals surface area contributed by atoms with E-state index in [4.69, 9.17) is 0 Å². The molecule has 19 heavy (non-hydrogen) atoms. The lowest BCUT2D eigenvalue weighted by atomic mass is 10.0. The summed E-state index contributed by atoms with van der Waals surface area (Å²) in [6.45, 7) is 4.75. The predicted molar refractivity (Wildman–Crippen MR) is 84.7 cm³/mol. The van der Waals surface area contributed by atoms with Crippen LogP contribution < -0.4 is 10.2 Å². The summed E-state index contributed by atoms with van der Waals surface area (Å²) in [5.41, 5.74) is 2.84. The highest BCUT2D eigenvalue weighted by Crippen LogP contribution is 2.41. The van der Waals surface area contributed by atoms with Crippen molar-refractivity contribution in [1.82, 2.24) is 5.32 Å². The van der Waals surface area contributed by atoms with Gasteiger partial charge in [0.1, 0.15) is 0 Å². The van der Waals surface area contributed by atoms with Crippen molar-refractivity contribution < 1.29 is 0 Å². The predicted octanol–water partition coefficient (Wildman–Crippen LogP) is 3.97.